The van der Waals surface area contributed by atoms with Crippen LogP contribution in [0.2, 0.25) is 0 Å². The molecule has 0 spiro atoms. The molecular weight excluding hydrogens is 421 g/mol. The third-order valence-corrected chi connectivity index (χ3v) is 4.41. The highest BCUT2D eigenvalue weighted by atomic mass is 19.4. The number of rotatable bonds is 8. The Morgan fingerprint density at radius 2 is 2.10 bits per heavy atom. The first-order valence-electron chi connectivity index (χ1n) is 9.03. The Labute approximate surface area is 173 Å². The molecule has 0 aliphatic heterocycles. The summed E-state index contributed by atoms with van der Waals surface area (Å²) in [7, 11) is 0. The summed E-state index contributed by atoms with van der Waals surface area (Å²) in [5, 5.41) is 15.5. The molecular formula is C19H19F3N4O5. The van der Waals surface area contributed by atoms with Gasteiger partial charge in [-0.15, -0.1) is 0 Å². The fourth-order valence-corrected chi connectivity index (χ4v) is 2.96. The van der Waals surface area contributed by atoms with Gasteiger partial charge in [-0.25, -0.2) is 0 Å². The molecule has 0 fully saturated rings. The van der Waals surface area contributed by atoms with Gasteiger partial charge in [0.15, 0.2) is 0 Å². The highest BCUT2D eigenvalue weighted by Crippen LogP contribution is 2.29. The summed E-state index contributed by atoms with van der Waals surface area (Å²) in [5.41, 5.74) is 5.81. The number of hydrogen-bond acceptors (Lipinski definition) is 6. The van der Waals surface area contributed by atoms with Crippen molar-refractivity contribution in [2.24, 2.45) is 5.73 Å². The number of nitrogens with zero attached hydrogens (tertiary/aromatic N) is 2. The van der Waals surface area contributed by atoms with Crippen LogP contribution >= 0.6 is 0 Å². The van der Waals surface area contributed by atoms with E-state index < -0.39 is 37.2 Å². The van der Waals surface area contributed by atoms with Crippen LogP contribution in [-0.4, -0.2) is 45.5 Å². The van der Waals surface area contributed by atoms with Crippen LogP contribution in [0.5, 0.6) is 5.75 Å². The Bertz CT molecular complexity index is 1110. The Balaban J connectivity index is 1.82. The number of fused-ring (bicyclic) bond motifs is 1. The SMILES string of the molecule is Cc1oc2ccc(OCc3ccnn3CC(F)(F)F)cc2c1C(=O)N[C@@H](CO)C(N)=O. The normalized spacial score (nSPS) is 12.7. The van der Waals surface area contributed by atoms with Gasteiger partial charge in [-0.3, -0.25) is 14.3 Å². The second-order valence-corrected chi connectivity index (χ2v) is 6.69. The number of nitrogens with two attached hydrogens (primary N) is 1. The number of benzene rings is 1. The maximum Gasteiger partial charge on any atom is 0.408 e. The molecule has 0 saturated heterocycles. The zero-order valence-electron chi connectivity index (χ0n) is 16.3. The standard InChI is InChI=1S/C19H19F3N4O5/c1-10-16(18(29)25-14(7-27)17(23)28)13-6-12(2-3-15(13)31-10)30-8-11-4-5-24-26(11)9-19(20,21)22/h2-6,14,27H,7-9H2,1H3,(H2,23,28)(H,25,29)/t14-/m0/s1. The van der Waals surface area contributed by atoms with E-state index in [1.54, 1.807) is 13.0 Å². The van der Waals surface area contributed by atoms with Crippen LogP contribution < -0.4 is 15.8 Å². The molecule has 0 unspecified atom stereocenters. The van der Waals surface area contributed by atoms with Gasteiger partial charge in [-0.05, 0) is 31.2 Å². The molecule has 0 radical (unpaired) electrons. The molecule has 1 aromatic carbocycles. The smallest absolute Gasteiger partial charge is 0.408 e. The lowest BCUT2D eigenvalue weighted by atomic mass is 10.1. The van der Waals surface area contributed by atoms with Gasteiger partial charge in [0.25, 0.3) is 5.91 Å². The van der Waals surface area contributed by atoms with Crippen molar-refractivity contribution in [1.29, 1.82) is 0 Å². The average molecular weight is 440 g/mol. The van der Waals surface area contributed by atoms with E-state index >= 15 is 0 Å². The lowest BCUT2D eigenvalue weighted by Crippen LogP contribution is -2.46. The molecule has 1 atom stereocenters. The predicted molar refractivity (Wildman–Crippen MR) is 101 cm³/mol. The van der Waals surface area contributed by atoms with E-state index in [1.807, 2.05) is 0 Å². The Kier molecular flexibility index (Phi) is 6.20. The molecule has 0 saturated carbocycles. The number of aromatic nitrogens is 2. The number of alkyl halides is 3. The van der Waals surface area contributed by atoms with Gasteiger partial charge in [-0.1, -0.05) is 0 Å². The number of halogens is 3. The lowest BCUT2D eigenvalue weighted by Gasteiger charge is -2.12. The monoisotopic (exact) mass is 440 g/mol. The Morgan fingerprint density at radius 3 is 2.74 bits per heavy atom. The van der Waals surface area contributed by atoms with E-state index in [9.17, 15) is 27.9 Å². The summed E-state index contributed by atoms with van der Waals surface area (Å²) in [6.45, 7) is -0.553. The molecule has 2 aromatic heterocycles. The van der Waals surface area contributed by atoms with Crippen LogP contribution in [0.3, 0.4) is 0 Å². The van der Waals surface area contributed by atoms with Crippen LogP contribution in [0.15, 0.2) is 34.9 Å². The van der Waals surface area contributed by atoms with Crippen molar-refractivity contribution in [3.63, 3.8) is 0 Å². The van der Waals surface area contributed by atoms with Gasteiger partial charge in [0.05, 0.1) is 17.9 Å². The number of furan rings is 1. The summed E-state index contributed by atoms with van der Waals surface area (Å²) in [4.78, 5) is 23.9. The number of amides is 2. The number of carbonyl (C=O) groups excluding carboxylic acids is 2. The first-order chi connectivity index (χ1) is 14.6. The molecule has 0 aliphatic carbocycles. The highest BCUT2D eigenvalue weighted by Gasteiger charge is 2.29. The van der Waals surface area contributed by atoms with Crippen LogP contribution in [0.25, 0.3) is 11.0 Å². The van der Waals surface area contributed by atoms with Crippen molar-refractivity contribution < 1.29 is 37.0 Å². The molecule has 3 rings (SSSR count). The minimum Gasteiger partial charge on any atom is -0.487 e. The summed E-state index contributed by atoms with van der Waals surface area (Å²) < 4.78 is 49.8. The number of aliphatic hydroxyl groups excluding tert-OH is 1. The fourth-order valence-electron chi connectivity index (χ4n) is 2.96. The summed E-state index contributed by atoms with van der Waals surface area (Å²) >= 11 is 0. The van der Waals surface area contributed by atoms with Crippen molar-refractivity contribution in [3.05, 3.63) is 47.5 Å². The quantitative estimate of drug-likeness (QED) is 0.488. The summed E-state index contributed by atoms with van der Waals surface area (Å²) in [6, 6.07) is 4.70. The maximum absolute atomic E-state index is 12.6. The molecule has 31 heavy (non-hydrogen) atoms. The number of nitrogens with one attached hydrogen (secondary N) is 1. The maximum atomic E-state index is 12.6. The van der Waals surface area contributed by atoms with E-state index in [-0.39, 0.29) is 29.4 Å². The zero-order chi connectivity index (χ0) is 22.8. The summed E-state index contributed by atoms with van der Waals surface area (Å²) in [5.74, 6) is -1.06. The number of hydrogen-bond donors (Lipinski definition) is 3. The molecule has 3 aromatic rings. The predicted octanol–water partition coefficient (Wildman–Crippen LogP) is 1.66. The number of ether oxygens (including phenoxy) is 1. The van der Waals surface area contributed by atoms with E-state index in [0.717, 1.165) is 4.68 Å². The van der Waals surface area contributed by atoms with Crippen LogP contribution in [0.4, 0.5) is 13.2 Å². The first-order valence-corrected chi connectivity index (χ1v) is 9.03. The van der Waals surface area contributed by atoms with E-state index in [0.29, 0.717) is 11.0 Å². The third-order valence-electron chi connectivity index (χ3n) is 4.41. The van der Waals surface area contributed by atoms with Gasteiger partial charge >= 0.3 is 6.18 Å². The molecule has 9 nitrogen and oxygen atoms in total. The van der Waals surface area contributed by atoms with Crippen LogP contribution in [0.1, 0.15) is 21.8 Å². The Hall–Kier alpha value is -3.54. The fraction of sp³-hybridized carbons (Fsp3) is 0.316. The molecule has 2 heterocycles. The number of aryl methyl sites for hydroxylation is 1. The Morgan fingerprint density at radius 1 is 1.35 bits per heavy atom. The number of carbonyl (C=O) groups is 2. The average Bonchev–Trinajstić information content (AvgIpc) is 3.24. The van der Waals surface area contributed by atoms with Crippen LogP contribution in [-0.2, 0) is 17.9 Å². The second kappa shape index (κ2) is 8.68. The van der Waals surface area contributed by atoms with Crippen LogP contribution in [0, 0.1) is 6.92 Å². The van der Waals surface area contributed by atoms with Gasteiger partial charge < -0.3 is 25.3 Å². The topological polar surface area (TPSA) is 133 Å². The summed E-state index contributed by atoms with van der Waals surface area (Å²) in [6.07, 6.45) is -3.18. The molecule has 12 heteroatoms. The van der Waals surface area contributed by atoms with Gasteiger partial charge in [0.1, 0.15) is 36.3 Å². The van der Waals surface area contributed by atoms with Gasteiger partial charge in [-0.2, -0.15) is 18.3 Å². The van der Waals surface area contributed by atoms with Crippen molar-refractivity contribution in [1.82, 2.24) is 15.1 Å². The van der Waals surface area contributed by atoms with E-state index in [1.165, 1.54) is 24.4 Å². The largest absolute Gasteiger partial charge is 0.487 e. The third kappa shape index (κ3) is 5.15. The molecule has 4 N–H and O–H groups in total. The van der Waals surface area contributed by atoms with E-state index in [2.05, 4.69) is 10.4 Å². The molecule has 0 aliphatic rings. The lowest BCUT2D eigenvalue weighted by molar-refractivity contribution is -0.143. The van der Waals surface area contributed by atoms with Crippen molar-refractivity contribution in [2.45, 2.75) is 32.3 Å². The van der Waals surface area contributed by atoms with Crippen molar-refractivity contribution >= 4 is 22.8 Å². The van der Waals surface area contributed by atoms with Gasteiger partial charge in [0, 0.05) is 11.6 Å². The molecule has 0 bridgehead atoms. The molecule has 166 valence electrons. The zero-order valence-corrected chi connectivity index (χ0v) is 16.3. The number of aliphatic hydroxyl groups is 1. The first kappa shape index (κ1) is 22.2. The molecule has 2 amide bonds. The highest BCUT2D eigenvalue weighted by molar-refractivity contribution is 6.08. The van der Waals surface area contributed by atoms with Crippen molar-refractivity contribution in [3.8, 4) is 5.75 Å². The van der Waals surface area contributed by atoms with Gasteiger partial charge in [0.2, 0.25) is 5.91 Å². The van der Waals surface area contributed by atoms with E-state index in [4.69, 9.17) is 14.9 Å². The second-order valence-electron chi connectivity index (χ2n) is 6.69. The minimum absolute atomic E-state index is 0.113. The van der Waals surface area contributed by atoms with Crippen molar-refractivity contribution in [2.75, 3.05) is 6.61 Å². The minimum atomic E-state index is -4.42. The number of primary amides is 1.